The van der Waals surface area contributed by atoms with Crippen molar-refractivity contribution in [3.8, 4) is 11.5 Å². The van der Waals surface area contributed by atoms with Crippen molar-refractivity contribution in [1.29, 1.82) is 0 Å². The second kappa shape index (κ2) is 3.70. The second-order valence-corrected chi connectivity index (χ2v) is 3.36. The zero-order valence-corrected chi connectivity index (χ0v) is 8.03. The summed E-state index contributed by atoms with van der Waals surface area (Å²) in [6.45, 7) is 1.38. The molecule has 0 aromatic heterocycles. The molecule has 0 radical (unpaired) electrons. The van der Waals surface area contributed by atoms with Gasteiger partial charge in [0.25, 0.3) is 0 Å². The van der Waals surface area contributed by atoms with Crippen LogP contribution in [0.25, 0.3) is 0 Å². The molecule has 2 rings (SSSR count). The van der Waals surface area contributed by atoms with E-state index in [1.165, 1.54) is 6.92 Å². The molecule has 1 aromatic rings. The fraction of sp³-hybridized carbons (Fsp3) is 0.364. The lowest BCUT2D eigenvalue weighted by molar-refractivity contribution is -0.132. The average Bonchev–Trinajstić information content (AvgIpc) is 2.91. The molecule has 0 saturated heterocycles. The highest BCUT2D eigenvalue weighted by Crippen LogP contribution is 2.33. The Morgan fingerprint density at radius 1 is 1.29 bits per heavy atom. The first-order valence-electron chi connectivity index (χ1n) is 4.70. The molecule has 0 N–H and O–H groups in total. The maximum atomic E-state index is 10.8. The summed E-state index contributed by atoms with van der Waals surface area (Å²) in [4.78, 5) is 10.8. The Bertz CT molecular complexity index is 342. The van der Waals surface area contributed by atoms with Gasteiger partial charge in [0.1, 0.15) is 0 Å². The van der Waals surface area contributed by atoms with Crippen molar-refractivity contribution < 1.29 is 14.3 Å². The predicted molar refractivity (Wildman–Crippen MR) is 51.4 cm³/mol. The van der Waals surface area contributed by atoms with Gasteiger partial charge in [-0.25, -0.2) is 0 Å². The number of benzene rings is 1. The van der Waals surface area contributed by atoms with E-state index in [0.29, 0.717) is 17.6 Å². The number of carbonyl (C=O) groups is 1. The van der Waals surface area contributed by atoms with Crippen LogP contribution in [0, 0.1) is 0 Å². The highest BCUT2D eigenvalue weighted by molar-refractivity contribution is 5.70. The number of ether oxygens (including phenoxy) is 2. The van der Waals surface area contributed by atoms with Crippen LogP contribution in [0.4, 0.5) is 0 Å². The normalized spacial score (nSPS) is 14.9. The minimum Gasteiger partial charge on any atom is -0.487 e. The van der Waals surface area contributed by atoms with E-state index in [0.717, 1.165) is 12.8 Å². The van der Waals surface area contributed by atoms with Crippen LogP contribution < -0.4 is 9.47 Å². The van der Waals surface area contributed by atoms with Crippen LogP contribution in [0.15, 0.2) is 24.3 Å². The lowest BCUT2D eigenvalue weighted by Crippen LogP contribution is -2.04. The lowest BCUT2D eigenvalue weighted by atomic mass is 10.3. The van der Waals surface area contributed by atoms with E-state index in [4.69, 9.17) is 9.47 Å². The summed E-state index contributed by atoms with van der Waals surface area (Å²) in [5.41, 5.74) is 0. The number of hydrogen-bond donors (Lipinski definition) is 0. The number of rotatable bonds is 3. The fourth-order valence-corrected chi connectivity index (χ4v) is 1.15. The Balaban J connectivity index is 2.14. The van der Waals surface area contributed by atoms with E-state index >= 15 is 0 Å². The summed E-state index contributed by atoms with van der Waals surface area (Å²) >= 11 is 0. The summed E-state index contributed by atoms with van der Waals surface area (Å²) in [7, 11) is 0. The van der Waals surface area contributed by atoms with E-state index in [-0.39, 0.29) is 5.97 Å². The van der Waals surface area contributed by atoms with E-state index in [2.05, 4.69) is 0 Å². The van der Waals surface area contributed by atoms with Crippen LogP contribution in [0.3, 0.4) is 0 Å². The van der Waals surface area contributed by atoms with Gasteiger partial charge in [0.2, 0.25) is 0 Å². The van der Waals surface area contributed by atoms with Gasteiger partial charge in [-0.2, -0.15) is 0 Å². The third kappa shape index (κ3) is 2.25. The average molecular weight is 192 g/mol. The van der Waals surface area contributed by atoms with Crippen molar-refractivity contribution in [1.82, 2.24) is 0 Å². The summed E-state index contributed by atoms with van der Waals surface area (Å²) < 4.78 is 10.6. The maximum absolute atomic E-state index is 10.8. The quantitative estimate of drug-likeness (QED) is 0.543. The Hall–Kier alpha value is -1.51. The van der Waals surface area contributed by atoms with E-state index in [9.17, 15) is 4.79 Å². The van der Waals surface area contributed by atoms with Gasteiger partial charge in [0.15, 0.2) is 11.5 Å². The van der Waals surface area contributed by atoms with Crippen molar-refractivity contribution in [3.05, 3.63) is 24.3 Å². The van der Waals surface area contributed by atoms with E-state index in [1.54, 1.807) is 6.07 Å². The number of esters is 1. The molecule has 0 bridgehead atoms. The van der Waals surface area contributed by atoms with Crippen molar-refractivity contribution in [2.45, 2.75) is 25.9 Å². The van der Waals surface area contributed by atoms with E-state index < -0.39 is 0 Å². The van der Waals surface area contributed by atoms with Crippen LogP contribution >= 0.6 is 0 Å². The van der Waals surface area contributed by atoms with Crippen molar-refractivity contribution in [2.24, 2.45) is 0 Å². The summed E-state index contributed by atoms with van der Waals surface area (Å²) in [5.74, 6) is 0.842. The number of para-hydroxylation sites is 2. The van der Waals surface area contributed by atoms with Gasteiger partial charge < -0.3 is 9.47 Å². The standard InChI is InChI=1S/C11H12O3/c1-8(12)13-10-4-2-3-5-11(10)14-9-6-7-9/h2-5,9H,6-7H2,1H3. The summed E-state index contributed by atoms with van der Waals surface area (Å²) in [6, 6.07) is 7.23. The molecule has 1 aromatic carbocycles. The first kappa shape index (κ1) is 9.06. The fourth-order valence-electron chi connectivity index (χ4n) is 1.15. The zero-order valence-electron chi connectivity index (χ0n) is 8.03. The smallest absolute Gasteiger partial charge is 0.308 e. The van der Waals surface area contributed by atoms with Gasteiger partial charge in [-0.15, -0.1) is 0 Å². The highest BCUT2D eigenvalue weighted by Gasteiger charge is 2.24. The molecular formula is C11H12O3. The Labute approximate surface area is 82.6 Å². The van der Waals surface area contributed by atoms with Crippen LogP contribution in [0.2, 0.25) is 0 Å². The minimum atomic E-state index is -0.322. The molecule has 1 fully saturated rings. The second-order valence-electron chi connectivity index (χ2n) is 3.36. The van der Waals surface area contributed by atoms with Crippen molar-refractivity contribution in [3.63, 3.8) is 0 Å². The predicted octanol–water partition coefficient (Wildman–Crippen LogP) is 2.15. The first-order chi connectivity index (χ1) is 6.75. The lowest BCUT2D eigenvalue weighted by Gasteiger charge is -2.09. The Morgan fingerprint density at radius 3 is 2.50 bits per heavy atom. The molecule has 0 aliphatic heterocycles. The van der Waals surface area contributed by atoms with Crippen LogP contribution in [0.1, 0.15) is 19.8 Å². The molecule has 0 atom stereocenters. The molecule has 74 valence electrons. The van der Waals surface area contributed by atoms with Crippen molar-refractivity contribution in [2.75, 3.05) is 0 Å². The van der Waals surface area contributed by atoms with Gasteiger partial charge in [0, 0.05) is 6.92 Å². The SMILES string of the molecule is CC(=O)Oc1ccccc1OC1CC1. The Kier molecular flexibility index (Phi) is 2.39. The molecule has 0 amide bonds. The summed E-state index contributed by atoms with van der Waals surface area (Å²) in [6.07, 6.45) is 2.50. The molecule has 0 heterocycles. The molecule has 0 spiro atoms. The molecule has 1 aliphatic carbocycles. The van der Waals surface area contributed by atoms with Crippen molar-refractivity contribution >= 4 is 5.97 Å². The van der Waals surface area contributed by atoms with Crippen LogP contribution in [-0.2, 0) is 4.79 Å². The van der Waals surface area contributed by atoms with E-state index in [1.807, 2.05) is 18.2 Å². The van der Waals surface area contributed by atoms with Gasteiger partial charge in [0.05, 0.1) is 6.10 Å². The maximum Gasteiger partial charge on any atom is 0.308 e. The molecule has 1 aliphatic rings. The van der Waals surface area contributed by atoms with Gasteiger partial charge >= 0.3 is 5.97 Å². The third-order valence-electron chi connectivity index (χ3n) is 1.92. The topological polar surface area (TPSA) is 35.5 Å². The third-order valence-corrected chi connectivity index (χ3v) is 1.92. The molecule has 3 nitrogen and oxygen atoms in total. The molecule has 0 unspecified atom stereocenters. The Morgan fingerprint density at radius 2 is 1.93 bits per heavy atom. The van der Waals surface area contributed by atoms with Gasteiger partial charge in [-0.05, 0) is 25.0 Å². The first-order valence-corrected chi connectivity index (χ1v) is 4.70. The molecule has 1 saturated carbocycles. The van der Waals surface area contributed by atoms with Crippen LogP contribution in [-0.4, -0.2) is 12.1 Å². The largest absolute Gasteiger partial charge is 0.487 e. The zero-order chi connectivity index (χ0) is 9.97. The number of hydrogen-bond acceptors (Lipinski definition) is 3. The highest BCUT2D eigenvalue weighted by atomic mass is 16.6. The van der Waals surface area contributed by atoms with Gasteiger partial charge in [-0.1, -0.05) is 12.1 Å². The van der Waals surface area contributed by atoms with Gasteiger partial charge in [-0.3, -0.25) is 4.79 Å². The molecular weight excluding hydrogens is 180 g/mol. The molecule has 14 heavy (non-hydrogen) atoms. The molecule has 3 heteroatoms. The minimum absolute atomic E-state index is 0.312. The number of carbonyl (C=O) groups excluding carboxylic acids is 1. The summed E-state index contributed by atoms with van der Waals surface area (Å²) in [5, 5.41) is 0. The van der Waals surface area contributed by atoms with Crippen LogP contribution in [0.5, 0.6) is 11.5 Å². The monoisotopic (exact) mass is 192 g/mol.